The van der Waals surface area contributed by atoms with E-state index in [9.17, 15) is 0 Å². The van der Waals surface area contributed by atoms with Crippen molar-refractivity contribution in [2.24, 2.45) is 0 Å². The zero-order valence-corrected chi connectivity index (χ0v) is 9.87. The van der Waals surface area contributed by atoms with Gasteiger partial charge in [-0.1, -0.05) is 29.8 Å². The Morgan fingerprint density at radius 3 is 2.75 bits per heavy atom. The number of rotatable bonds is 2. The first-order valence-electron chi connectivity index (χ1n) is 5.45. The Bertz CT molecular complexity index is 515. The van der Waals surface area contributed by atoms with Crippen LogP contribution in [0, 0.1) is 13.8 Å². The minimum Gasteiger partial charge on any atom is -0.367 e. The lowest BCUT2D eigenvalue weighted by Gasteiger charge is -2.05. The van der Waals surface area contributed by atoms with Gasteiger partial charge in [-0.2, -0.15) is 0 Å². The molecule has 0 saturated carbocycles. The minimum absolute atomic E-state index is 0.429. The van der Waals surface area contributed by atoms with E-state index in [2.05, 4.69) is 44.1 Å². The minimum atomic E-state index is 0.429. The molecule has 1 aromatic carbocycles. The topological polar surface area (TPSA) is 52.0 Å². The molecular weight excluding hydrogens is 200 g/mol. The lowest BCUT2D eigenvalue weighted by atomic mass is 9.99. The molecule has 0 spiro atoms. The van der Waals surface area contributed by atoms with E-state index in [4.69, 9.17) is 10.3 Å². The molecule has 0 aliphatic heterocycles. The molecule has 0 fully saturated rings. The highest BCUT2D eigenvalue weighted by molar-refractivity contribution is 5.70. The van der Waals surface area contributed by atoms with Crippen molar-refractivity contribution in [3.8, 4) is 11.3 Å². The summed E-state index contributed by atoms with van der Waals surface area (Å²) in [5, 5.41) is 4.06. The Balaban J connectivity index is 2.62. The van der Waals surface area contributed by atoms with E-state index >= 15 is 0 Å². The zero-order valence-electron chi connectivity index (χ0n) is 9.87. The second kappa shape index (κ2) is 4.00. The molecule has 0 aliphatic rings. The van der Waals surface area contributed by atoms with E-state index in [0.29, 0.717) is 5.88 Å². The SMILES string of the molecule is CCc1c(-c2cc(C)ccc2C)noc1N. The van der Waals surface area contributed by atoms with E-state index in [1.807, 2.05) is 0 Å². The van der Waals surface area contributed by atoms with Crippen LogP contribution in [0.2, 0.25) is 0 Å². The maximum atomic E-state index is 5.75. The Morgan fingerprint density at radius 1 is 1.31 bits per heavy atom. The van der Waals surface area contributed by atoms with Gasteiger partial charge in [0.1, 0.15) is 5.69 Å². The van der Waals surface area contributed by atoms with E-state index in [1.54, 1.807) is 0 Å². The van der Waals surface area contributed by atoms with Gasteiger partial charge in [0.25, 0.3) is 0 Å². The Hall–Kier alpha value is -1.77. The van der Waals surface area contributed by atoms with Crippen molar-refractivity contribution in [1.29, 1.82) is 0 Å². The van der Waals surface area contributed by atoms with Crippen LogP contribution >= 0.6 is 0 Å². The Kier molecular flexibility index (Phi) is 2.69. The van der Waals surface area contributed by atoms with Crippen LogP contribution in [0.3, 0.4) is 0 Å². The molecule has 0 amide bonds. The first-order valence-corrected chi connectivity index (χ1v) is 5.45. The van der Waals surface area contributed by atoms with Crippen LogP contribution in [0.4, 0.5) is 5.88 Å². The van der Waals surface area contributed by atoms with Gasteiger partial charge in [-0.25, -0.2) is 0 Å². The first-order chi connectivity index (χ1) is 7.63. The van der Waals surface area contributed by atoms with Gasteiger partial charge < -0.3 is 10.3 Å². The molecule has 0 saturated heterocycles. The molecule has 0 aliphatic carbocycles. The Labute approximate surface area is 95.3 Å². The molecule has 2 N–H and O–H groups in total. The maximum Gasteiger partial charge on any atom is 0.225 e. The highest BCUT2D eigenvalue weighted by Gasteiger charge is 2.15. The molecule has 84 valence electrons. The molecule has 1 aromatic heterocycles. The number of hydrogen-bond donors (Lipinski definition) is 1. The molecule has 0 unspecified atom stereocenters. The molecule has 0 bridgehead atoms. The van der Waals surface area contributed by atoms with Crippen molar-refractivity contribution in [3.63, 3.8) is 0 Å². The van der Waals surface area contributed by atoms with Gasteiger partial charge in [-0.3, -0.25) is 0 Å². The van der Waals surface area contributed by atoms with E-state index in [0.717, 1.165) is 23.2 Å². The smallest absolute Gasteiger partial charge is 0.225 e. The number of nitrogen functional groups attached to an aromatic ring is 1. The number of anilines is 1. The molecule has 16 heavy (non-hydrogen) atoms. The van der Waals surface area contributed by atoms with Crippen LogP contribution in [-0.4, -0.2) is 5.16 Å². The van der Waals surface area contributed by atoms with Crippen molar-refractivity contribution >= 4 is 5.88 Å². The third-order valence-electron chi connectivity index (χ3n) is 2.82. The third-order valence-corrected chi connectivity index (χ3v) is 2.82. The summed E-state index contributed by atoms with van der Waals surface area (Å²) in [6, 6.07) is 6.30. The lowest BCUT2D eigenvalue weighted by molar-refractivity contribution is 0.438. The fourth-order valence-electron chi connectivity index (χ4n) is 1.87. The fourth-order valence-corrected chi connectivity index (χ4v) is 1.87. The van der Waals surface area contributed by atoms with Gasteiger partial charge in [-0.15, -0.1) is 0 Å². The highest BCUT2D eigenvalue weighted by atomic mass is 16.5. The maximum absolute atomic E-state index is 5.75. The monoisotopic (exact) mass is 216 g/mol. The van der Waals surface area contributed by atoms with Crippen LogP contribution in [0.1, 0.15) is 23.6 Å². The normalized spacial score (nSPS) is 10.7. The van der Waals surface area contributed by atoms with Crippen molar-refractivity contribution < 1.29 is 4.52 Å². The van der Waals surface area contributed by atoms with Crippen LogP contribution in [0.15, 0.2) is 22.7 Å². The second-order valence-corrected chi connectivity index (χ2v) is 4.05. The van der Waals surface area contributed by atoms with Crippen LogP contribution in [0.25, 0.3) is 11.3 Å². The van der Waals surface area contributed by atoms with Crippen LogP contribution in [-0.2, 0) is 6.42 Å². The summed E-state index contributed by atoms with van der Waals surface area (Å²) in [4.78, 5) is 0. The molecule has 3 heteroatoms. The number of aromatic nitrogens is 1. The summed E-state index contributed by atoms with van der Waals surface area (Å²) in [7, 11) is 0. The number of aryl methyl sites for hydroxylation is 2. The average molecular weight is 216 g/mol. The lowest BCUT2D eigenvalue weighted by Crippen LogP contribution is -1.92. The van der Waals surface area contributed by atoms with Crippen molar-refractivity contribution in [2.75, 3.05) is 5.73 Å². The summed E-state index contributed by atoms with van der Waals surface area (Å²) < 4.78 is 5.06. The zero-order chi connectivity index (χ0) is 11.7. The number of nitrogens with two attached hydrogens (primary N) is 1. The van der Waals surface area contributed by atoms with Crippen LogP contribution in [0.5, 0.6) is 0 Å². The largest absolute Gasteiger partial charge is 0.367 e. The highest BCUT2D eigenvalue weighted by Crippen LogP contribution is 2.30. The molecule has 3 nitrogen and oxygen atoms in total. The third kappa shape index (κ3) is 1.69. The van der Waals surface area contributed by atoms with E-state index in [-0.39, 0.29) is 0 Å². The van der Waals surface area contributed by atoms with Crippen molar-refractivity contribution in [2.45, 2.75) is 27.2 Å². The molecule has 2 aromatic rings. The standard InChI is InChI=1S/C13H16N2O/c1-4-10-12(15-16-13(10)14)11-7-8(2)5-6-9(11)3/h5-7H,4,14H2,1-3H3. The van der Waals surface area contributed by atoms with Crippen molar-refractivity contribution in [3.05, 3.63) is 34.9 Å². The molecule has 2 rings (SSSR count). The average Bonchev–Trinajstić information content (AvgIpc) is 2.63. The molecule has 0 atom stereocenters. The summed E-state index contributed by atoms with van der Waals surface area (Å²) in [6.45, 7) is 6.19. The second-order valence-electron chi connectivity index (χ2n) is 4.05. The van der Waals surface area contributed by atoms with Crippen LogP contribution < -0.4 is 5.73 Å². The number of benzene rings is 1. The van der Waals surface area contributed by atoms with Gasteiger partial charge in [-0.05, 0) is 31.9 Å². The van der Waals surface area contributed by atoms with Gasteiger partial charge in [0.05, 0.1) is 0 Å². The van der Waals surface area contributed by atoms with E-state index < -0.39 is 0 Å². The first kappa shape index (κ1) is 10.7. The quantitative estimate of drug-likeness (QED) is 0.839. The summed E-state index contributed by atoms with van der Waals surface area (Å²) >= 11 is 0. The number of hydrogen-bond acceptors (Lipinski definition) is 3. The Morgan fingerprint density at radius 2 is 2.06 bits per heavy atom. The fraction of sp³-hybridized carbons (Fsp3) is 0.308. The van der Waals surface area contributed by atoms with Gasteiger partial charge in [0, 0.05) is 11.1 Å². The summed E-state index contributed by atoms with van der Waals surface area (Å²) in [6.07, 6.45) is 0.831. The predicted octanol–water partition coefficient (Wildman–Crippen LogP) is 3.10. The predicted molar refractivity (Wildman–Crippen MR) is 65.2 cm³/mol. The molecular formula is C13H16N2O. The molecule has 1 heterocycles. The van der Waals surface area contributed by atoms with Gasteiger partial charge in [0.2, 0.25) is 5.88 Å². The number of nitrogens with zero attached hydrogens (tertiary/aromatic N) is 1. The summed E-state index contributed by atoms with van der Waals surface area (Å²) in [5.41, 5.74) is 11.1. The van der Waals surface area contributed by atoms with Gasteiger partial charge in [0.15, 0.2) is 0 Å². The molecule has 0 radical (unpaired) electrons. The van der Waals surface area contributed by atoms with E-state index in [1.165, 1.54) is 11.1 Å². The van der Waals surface area contributed by atoms with Crippen molar-refractivity contribution in [1.82, 2.24) is 5.16 Å². The van der Waals surface area contributed by atoms with Gasteiger partial charge >= 0.3 is 0 Å². The summed E-state index contributed by atoms with van der Waals surface area (Å²) in [5.74, 6) is 0.429.